The van der Waals surface area contributed by atoms with Gasteiger partial charge >= 0.3 is 0 Å². The molecule has 0 unspecified atom stereocenters. The minimum atomic E-state index is -0.359. The molecule has 1 aromatic heterocycles. The fourth-order valence-electron chi connectivity index (χ4n) is 3.45. The molecule has 0 aliphatic heterocycles. The smallest absolute Gasteiger partial charge is 0.230 e. The van der Waals surface area contributed by atoms with Crippen LogP contribution in [-0.2, 0) is 4.79 Å². The first kappa shape index (κ1) is 20.4. The first-order valence-electron chi connectivity index (χ1n) is 9.77. The molecule has 154 valence electrons. The number of halogens is 2. The van der Waals surface area contributed by atoms with Crippen LogP contribution in [0.5, 0.6) is 0 Å². The highest BCUT2D eigenvalue weighted by Gasteiger charge is 2.18. The molecule has 0 bridgehead atoms. The third kappa shape index (κ3) is 4.99. The van der Waals surface area contributed by atoms with E-state index in [9.17, 15) is 13.6 Å². The number of nitrogens with zero attached hydrogens (tertiary/aromatic N) is 3. The van der Waals surface area contributed by atoms with Crippen molar-refractivity contribution >= 4 is 17.7 Å². The van der Waals surface area contributed by atoms with E-state index in [0.29, 0.717) is 27.7 Å². The summed E-state index contributed by atoms with van der Waals surface area (Å²) in [5.74, 6) is -0.580. The zero-order valence-corrected chi connectivity index (χ0v) is 17.0. The van der Waals surface area contributed by atoms with E-state index < -0.39 is 0 Å². The van der Waals surface area contributed by atoms with Crippen LogP contribution < -0.4 is 5.32 Å². The lowest BCUT2D eigenvalue weighted by atomic mass is 10.0. The van der Waals surface area contributed by atoms with Gasteiger partial charge in [-0.15, -0.1) is 10.2 Å². The van der Waals surface area contributed by atoms with E-state index in [1.165, 1.54) is 36.0 Å². The van der Waals surface area contributed by atoms with Crippen LogP contribution in [0.15, 0.2) is 53.7 Å². The minimum Gasteiger partial charge on any atom is -0.353 e. The van der Waals surface area contributed by atoms with E-state index >= 15 is 0 Å². The summed E-state index contributed by atoms with van der Waals surface area (Å²) in [5.41, 5.74) is 2.26. The molecule has 0 saturated heterocycles. The van der Waals surface area contributed by atoms with Crippen LogP contribution in [0, 0.1) is 11.6 Å². The third-order valence-electron chi connectivity index (χ3n) is 4.96. The Morgan fingerprint density at radius 2 is 1.47 bits per heavy atom. The zero-order valence-electron chi connectivity index (χ0n) is 16.1. The summed E-state index contributed by atoms with van der Waals surface area (Å²) >= 11 is 1.20. The van der Waals surface area contributed by atoms with Crippen molar-refractivity contribution in [1.29, 1.82) is 0 Å². The fraction of sp³-hybridized carbons (Fsp3) is 0.273. The number of amides is 1. The lowest BCUT2D eigenvalue weighted by molar-refractivity contribution is -0.119. The summed E-state index contributed by atoms with van der Waals surface area (Å²) in [6.45, 7) is 0. The highest BCUT2D eigenvalue weighted by atomic mass is 32.2. The van der Waals surface area contributed by atoms with Gasteiger partial charge in [0.05, 0.1) is 5.75 Å². The molecule has 0 spiro atoms. The Labute approximate surface area is 177 Å². The number of nitrogens with one attached hydrogen (secondary N) is 1. The van der Waals surface area contributed by atoms with Gasteiger partial charge in [0.25, 0.3) is 0 Å². The van der Waals surface area contributed by atoms with Crippen LogP contribution in [0.3, 0.4) is 0 Å². The fourth-order valence-corrected chi connectivity index (χ4v) is 4.05. The van der Waals surface area contributed by atoms with Crippen LogP contribution >= 0.6 is 11.8 Å². The van der Waals surface area contributed by atoms with Crippen molar-refractivity contribution in [3.05, 3.63) is 60.2 Å². The number of benzene rings is 2. The molecule has 5 nitrogen and oxygen atoms in total. The quantitative estimate of drug-likeness (QED) is 0.582. The number of aromatic nitrogens is 3. The summed E-state index contributed by atoms with van der Waals surface area (Å²) < 4.78 is 26.7. The first-order valence-corrected chi connectivity index (χ1v) is 10.8. The number of hydrogen-bond acceptors (Lipinski definition) is 5. The number of carbonyl (C=O) groups excluding carboxylic acids is 1. The minimum absolute atomic E-state index is 0.0542. The van der Waals surface area contributed by atoms with Crippen LogP contribution in [0.1, 0.15) is 25.7 Å². The standard InChI is InChI=1S/C22H20F2N4OS/c23-16-9-5-14(6-10-16)20-21(15-7-11-17(24)12-8-15)27-28-22(26-20)30-13-19(29)25-18-3-1-2-4-18/h5-12,18H,1-4,13H2,(H,25,29). The summed E-state index contributed by atoms with van der Waals surface area (Å²) in [6, 6.07) is 12.0. The first-order chi connectivity index (χ1) is 14.6. The van der Waals surface area contributed by atoms with Gasteiger partial charge < -0.3 is 5.32 Å². The van der Waals surface area contributed by atoms with Gasteiger partial charge in [-0.2, -0.15) is 0 Å². The summed E-state index contributed by atoms with van der Waals surface area (Å²) in [6.07, 6.45) is 4.35. The third-order valence-corrected chi connectivity index (χ3v) is 5.79. The molecular formula is C22H20F2N4OS. The Morgan fingerprint density at radius 1 is 0.900 bits per heavy atom. The van der Waals surface area contributed by atoms with Crippen LogP contribution in [0.2, 0.25) is 0 Å². The topological polar surface area (TPSA) is 67.8 Å². The van der Waals surface area contributed by atoms with Crippen molar-refractivity contribution in [2.75, 3.05) is 5.75 Å². The van der Waals surface area contributed by atoms with Crippen LogP contribution in [-0.4, -0.2) is 32.9 Å². The van der Waals surface area contributed by atoms with Crippen LogP contribution in [0.4, 0.5) is 8.78 Å². The number of hydrogen-bond donors (Lipinski definition) is 1. The molecule has 1 amide bonds. The van der Waals surface area contributed by atoms with Gasteiger partial charge in [0.1, 0.15) is 23.0 Å². The molecule has 0 atom stereocenters. The van der Waals surface area contributed by atoms with Crippen molar-refractivity contribution in [1.82, 2.24) is 20.5 Å². The van der Waals surface area contributed by atoms with Crippen molar-refractivity contribution in [3.63, 3.8) is 0 Å². The Balaban J connectivity index is 1.58. The van der Waals surface area contributed by atoms with Gasteiger partial charge in [-0.05, 0) is 61.4 Å². The highest BCUT2D eigenvalue weighted by Crippen LogP contribution is 2.30. The summed E-state index contributed by atoms with van der Waals surface area (Å²) in [5, 5.41) is 11.8. The maximum absolute atomic E-state index is 13.4. The maximum Gasteiger partial charge on any atom is 0.230 e. The van der Waals surface area contributed by atoms with Gasteiger partial charge in [0.15, 0.2) is 0 Å². The molecule has 1 aliphatic rings. The normalized spacial score (nSPS) is 14.1. The second kappa shape index (κ2) is 9.30. The Hall–Kier alpha value is -2.87. The lowest BCUT2D eigenvalue weighted by Crippen LogP contribution is -2.33. The molecule has 1 N–H and O–H groups in total. The van der Waals surface area contributed by atoms with Crippen molar-refractivity contribution in [2.45, 2.75) is 36.9 Å². The summed E-state index contributed by atoms with van der Waals surface area (Å²) in [7, 11) is 0. The zero-order chi connectivity index (χ0) is 20.9. The molecule has 30 heavy (non-hydrogen) atoms. The van der Waals surface area contributed by atoms with E-state index in [1.807, 2.05) is 0 Å². The average molecular weight is 426 g/mol. The molecule has 1 saturated carbocycles. The van der Waals surface area contributed by atoms with Gasteiger partial charge in [-0.1, -0.05) is 24.6 Å². The predicted molar refractivity (Wildman–Crippen MR) is 112 cm³/mol. The van der Waals surface area contributed by atoms with Gasteiger partial charge in [0, 0.05) is 17.2 Å². The lowest BCUT2D eigenvalue weighted by Gasteiger charge is -2.12. The van der Waals surface area contributed by atoms with E-state index in [-0.39, 0.29) is 29.3 Å². The van der Waals surface area contributed by atoms with Gasteiger partial charge in [-0.3, -0.25) is 4.79 Å². The number of rotatable bonds is 6. The van der Waals surface area contributed by atoms with E-state index in [2.05, 4.69) is 20.5 Å². The molecule has 4 rings (SSSR count). The second-order valence-electron chi connectivity index (χ2n) is 7.14. The highest BCUT2D eigenvalue weighted by molar-refractivity contribution is 7.99. The molecule has 3 aromatic rings. The van der Waals surface area contributed by atoms with Crippen LogP contribution in [0.25, 0.3) is 22.5 Å². The number of thioether (sulfide) groups is 1. The van der Waals surface area contributed by atoms with Gasteiger partial charge in [-0.25, -0.2) is 13.8 Å². The molecule has 1 heterocycles. The van der Waals surface area contributed by atoms with Gasteiger partial charge in [0.2, 0.25) is 11.1 Å². The molecule has 0 radical (unpaired) electrons. The monoisotopic (exact) mass is 426 g/mol. The largest absolute Gasteiger partial charge is 0.353 e. The Kier molecular flexibility index (Phi) is 6.32. The Bertz CT molecular complexity index is 1020. The van der Waals surface area contributed by atoms with Crippen molar-refractivity contribution < 1.29 is 13.6 Å². The molecule has 1 fully saturated rings. The average Bonchev–Trinajstić information content (AvgIpc) is 3.26. The molecule has 1 aliphatic carbocycles. The molecule has 8 heteroatoms. The maximum atomic E-state index is 13.4. The summed E-state index contributed by atoms with van der Waals surface area (Å²) in [4.78, 5) is 16.8. The van der Waals surface area contributed by atoms with E-state index in [1.54, 1.807) is 24.3 Å². The predicted octanol–water partition coefficient (Wildman–Crippen LogP) is 4.63. The van der Waals surface area contributed by atoms with E-state index in [4.69, 9.17) is 0 Å². The number of carbonyl (C=O) groups is 1. The SMILES string of the molecule is O=C(CSc1nnc(-c2ccc(F)cc2)c(-c2ccc(F)cc2)n1)NC1CCCC1. The second-order valence-corrected chi connectivity index (χ2v) is 8.09. The molecular weight excluding hydrogens is 406 g/mol. The van der Waals surface area contributed by atoms with Crippen molar-refractivity contribution in [2.24, 2.45) is 0 Å². The van der Waals surface area contributed by atoms with Crippen molar-refractivity contribution in [3.8, 4) is 22.5 Å². The molecule has 2 aromatic carbocycles. The van der Waals surface area contributed by atoms with E-state index in [0.717, 1.165) is 25.7 Å². The Morgan fingerprint density at radius 3 is 2.07 bits per heavy atom.